The second-order valence-corrected chi connectivity index (χ2v) is 10.2. The fourth-order valence-corrected chi connectivity index (χ4v) is 5.66. The summed E-state index contributed by atoms with van der Waals surface area (Å²) in [5, 5.41) is 0. The Kier molecular flexibility index (Phi) is 7.74. The fourth-order valence-electron chi connectivity index (χ4n) is 5.66. The van der Waals surface area contributed by atoms with E-state index >= 15 is 0 Å². The number of benzene rings is 3. The lowest BCUT2D eigenvalue weighted by Gasteiger charge is -2.43. The third kappa shape index (κ3) is 5.43. The van der Waals surface area contributed by atoms with Gasteiger partial charge >= 0.3 is 0 Å². The molecule has 0 unspecified atom stereocenters. The lowest BCUT2D eigenvalue weighted by molar-refractivity contribution is -0.134. The van der Waals surface area contributed by atoms with Crippen molar-refractivity contribution in [2.75, 3.05) is 38.3 Å². The summed E-state index contributed by atoms with van der Waals surface area (Å²) in [5.41, 5.74) is 2.13. The number of hydrogen-bond donors (Lipinski definition) is 0. The second kappa shape index (κ2) is 11.4. The van der Waals surface area contributed by atoms with E-state index in [0.29, 0.717) is 25.2 Å². The Bertz CT molecular complexity index is 1240. The second-order valence-electron chi connectivity index (χ2n) is 10.2. The number of halogens is 1. The fraction of sp³-hybridized carbons (Fsp3) is 0.355. The molecule has 38 heavy (non-hydrogen) atoms. The first-order chi connectivity index (χ1) is 18.5. The number of carbonyl (C=O) groups excluding carboxylic acids is 2. The molecule has 0 atom stereocenters. The number of anilines is 1. The first-order valence-electron chi connectivity index (χ1n) is 13.2. The summed E-state index contributed by atoms with van der Waals surface area (Å²) in [6.07, 6.45) is 2.65. The van der Waals surface area contributed by atoms with Crippen LogP contribution in [0.25, 0.3) is 0 Å². The number of ketones is 1. The number of piperidine rings is 1. The highest BCUT2D eigenvalue weighted by atomic mass is 19.1. The Hall–Kier alpha value is -3.71. The van der Waals surface area contributed by atoms with Crippen molar-refractivity contribution in [3.63, 3.8) is 0 Å². The first-order valence-corrected chi connectivity index (χ1v) is 13.2. The van der Waals surface area contributed by atoms with Crippen LogP contribution in [0, 0.1) is 5.82 Å². The molecule has 7 heteroatoms. The summed E-state index contributed by atoms with van der Waals surface area (Å²) < 4.78 is 18.4. The molecule has 0 aromatic heterocycles. The van der Waals surface area contributed by atoms with Crippen LogP contribution in [0.5, 0.6) is 5.75 Å². The zero-order valence-corrected chi connectivity index (χ0v) is 21.8. The third-order valence-corrected chi connectivity index (χ3v) is 7.84. The van der Waals surface area contributed by atoms with Crippen LogP contribution in [0.2, 0.25) is 0 Å². The first kappa shape index (κ1) is 25.9. The van der Waals surface area contributed by atoms with Gasteiger partial charge in [0.15, 0.2) is 5.78 Å². The molecule has 0 aliphatic carbocycles. The van der Waals surface area contributed by atoms with Gasteiger partial charge in [-0.2, -0.15) is 0 Å². The maximum absolute atomic E-state index is 14.0. The Labute approximate surface area is 223 Å². The molecule has 5 rings (SSSR count). The Morgan fingerprint density at radius 3 is 2.29 bits per heavy atom. The van der Waals surface area contributed by atoms with Crippen molar-refractivity contribution in [1.29, 1.82) is 0 Å². The van der Waals surface area contributed by atoms with Crippen molar-refractivity contribution in [1.82, 2.24) is 9.80 Å². The van der Waals surface area contributed by atoms with Gasteiger partial charge in [-0.3, -0.25) is 9.59 Å². The summed E-state index contributed by atoms with van der Waals surface area (Å²) in [6, 6.07) is 23.8. The molecule has 198 valence electrons. The van der Waals surface area contributed by atoms with Crippen LogP contribution in [0.4, 0.5) is 10.1 Å². The zero-order valence-electron chi connectivity index (χ0n) is 21.8. The summed E-state index contributed by atoms with van der Waals surface area (Å²) in [5.74, 6) is 0.685. The van der Waals surface area contributed by atoms with E-state index in [1.54, 1.807) is 19.2 Å². The number of ether oxygens (including phenoxy) is 1. The number of likely N-dealkylation sites (tertiary alicyclic amines) is 1. The van der Waals surface area contributed by atoms with Gasteiger partial charge in [-0.15, -0.1) is 0 Å². The van der Waals surface area contributed by atoms with Crippen LogP contribution in [-0.2, 0) is 11.3 Å². The minimum absolute atomic E-state index is 0.0360. The molecule has 2 saturated heterocycles. The molecule has 0 saturated carbocycles. The molecule has 1 spiro atoms. The van der Waals surface area contributed by atoms with Crippen molar-refractivity contribution < 1.29 is 18.7 Å². The molecular weight excluding hydrogens is 481 g/mol. The normalized spacial score (nSPS) is 17.3. The van der Waals surface area contributed by atoms with E-state index < -0.39 is 5.54 Å². The monoisotopic (exact) mass is 515 g/mol. The molecule has 1 amide bonds. The van der Waals surface area contributed by atoms with E-state index in [9.17, 15) is 14.0 Å². The predicted molar refractivity (Wildman–Crippen MR) is 146 cm³/mol. The minimum atomic E-state index is -0.561. The van der Waals surface area contributed by atoms with E-state index in [4.69, 9.17) is 4.74 Å². The molecule has 2 heterocycles. The standard InChI is InChI=1S/C31H34FN3O3/c1-38-28-15-9-24(10-16-28)22-34-23-35(27-6-3-2-4-7-27)31(30(34)37)17-20-33(21-18-31)19-5-8-29(36)25-11-13-26(32)14-12-25/h2-4,6-7,9-16H,5,8,17-23H2,1H3. The predicted octanol–water partition coefficient (Wildman–Crippen LogP) is 5.14. The average molecular weight is 516 g/mol. The third-order valence-electron chi connectivity index (χ3n) is 7.84. The number of methoxy groups -OCH3 is 1. The number of Topliss-reactive ketones (excluding diaryl/α,β-unsaturated/α-hetero) is 1. The van der Waals surface area contributed by atoms with Crippen LogP contribution in [0.1, 0.15) is 41.6 Å². The molecule has 6 nitrogen and oxygen atoms in total. The Balaban J connectivity index is 1.23. The number of hydrogen-bond acceptors (Lipinski definition) is 5. The summed E-state index contributed by atoms with van der Waals surface area (Å²) in [4.78, 5) is 33.0. The van der Waals surface area contributed by atoms with Gasteiger partial charge in [0.05, 0.1) is 13.8 Å². The van der Waals surface area contributed by atoms with E-state index in [1.165, 1.54) is 12.1 Å². The summed E-state index contributed by atoms with van der Waals surface area (Å²) in [7, 11) is 1.65. The van der Waals surface area contributed by atoms with Crippen molar-refractivity contribution in [3.8, 4) is 5.75 Å². The van der Waals surface area contributed by atoms with Crippen LogP contribution in [-0.4, -0.2) is 60.4 Å². The maximum Gasteiger partial charge on any atom is 0.250 e. The van der Waals surface area contributed by atoms with Crippen LogP contribution < -0.4 is 9.64 Å². The van der Waals surface area contributed by atoms with Crippen molar-refractivity contribution in [3.05, 3.63) is 95.8 Å². The molecule has 2 aliphatic heterocycles. The van der Waals surface area contributed by atoms with Gasteiger partial charge in [0.2, 0.25) is 5.91 Å². The Morgan fingerprint density at radius 1 is 0.947 bits per heavy atom. The van der Waals surface area contributed by atoms with Crippen LogP contribution >= 0.6 is 0 Å². The van der Waals surface area contributed by atoms with Gasteiger partial charge in [-0.1, -0.05) is 30.3 Å². The molecule has 2 aliphatic rings. The smallest absolute Gasteiger partial charge is 0.250 e. The van der Waals surface area contributed by atoms with Crippen molar-refractivity contribution in [2.45, 2.75) is 37.8 Å². The average Bonchev–Trinajstić information content (AvgIpc) is 3.21. The molecule has 0 radical (unpaired) electrons. The lowest BCUT2D eigenvalue weighted by atomic mass is 9.85. The van der Waals surface area contributed by atoms with E-state index in [0.717, 1.165) is 55.9 Å². The lowest BCUT2D eigenvalue weighted by Crippen LogP contribution is -2.56. The van der Waals surface area contributed by atoms with E-state index in [2.05, 4.69) is 21.9 Å². The number of nitrogens with zero attached hydrogens (tertiary/aromatic N) is 3. The molecule has 3 aromatic rings. The Morgan fingerprint density at radius 2 is 1.63 bits per heavy atom. The maximum atomic E-state index is 14.0. The highest BCUT2D eigenvalue weighted by molar-refractivity contribution is 5.96. The van der Waals surface area contributed by atoms with Crippen LogP contribution in [0.3, 0.4) is 0 Å². The molecule has 3 aromatic carbocycles. The summed E-state index contributed by atoms with van der Waals surface area (Å²) >= 11 is 0. The topological polar surface area (TPSA) is 53.1 Å². The van der Waals surface area contributed by atoms with Crippen molar-refractivity contribution in [2.24, 2.45) is 0 Å². The number of carbonyl (C=O) groups is 2. The van der Waals surface area contributed by atoms with E-state index in [1.807, 2.05) is 47.4 Å². The van der Waals surface area contributed by atoms with Gasteiger partial charge in [0, 0.05) is 37.3 Å². The van der Waals surface area contributed by atoms with Crippen LogP contribution in [0.15, 0.2) is 78.9 Å². The van der Waals surface area contributed by atoms with Crippen molar-refractivity contribution >= 4 is 17.4 Å². The largest absolute Gasteiger partial charge is 0.497 e. The molecular formula is C31H34FN3O3. The number of rotatable bonds is 9. The van der Waals surface area contributed by atoms with Gasteiger partial charge < -0.3 is 19.4 Å². The molecule has 0 bridgehead atoms. The van der Waals surface area contributed by atoms with Gasteiger partial charge in [0.1, 0.15) is 17.1 Å². The molecule has 2 fully saturated rings. The highest BCUT2D eigenvalue weighted by Crippen LogP contribution is 2.40. The minimum Gasteiger partial charge on any atom is -0.497 e. The SMILES string of the molecule is COc1ccc(CN2CN(c3ccccc3)C3(CCN(CCCC(=O)c4ccc(F)cc4)CC3)C2=O)cc1. The zero-order chi connectivity index (χ0) is 26.5. The number of amides is 1. The number of para-hydroxylation sites is 1. The summed E-state index contributed by atoms with van der Waals surface area (Å²) in [6.45, 7) is 3.52. The quantitative estimate of drug-likeness (QED) is 0.370. The highest BCUT2D eigenvalue weighted by Gasteiger charge is 2.53. The molecule has 0 N–H and O–H groups in total. The van der Waals surface area contributed by atoms with Gasteiger partial charge in [-0.05, 0) is 79.9 Å². The van der Waals surface area contributed by atoms with Gasteiger partial charge in [-0.25, -0.2) is 4.39 Å². The van der Waals surface area contributed by atoms with E-state index in [-0.39, 0.29) is 17.5 Å². The van der Waals surface area contributed by atoms with Gasteiger partial charge in [0.25, 0.3) is 0 Å².